The lowest BCUT2D eigenvalue weighted by Crippen LogP contribution is -2.44. The number of allylic oxidation sites excluding steroid dienone is 2. The first kappa shape index (κ1) is 24.5. The number of Topliss-reactive ketones (excluding diaryl/α,β-unsaturated/α-hetero) is 1. The summed E-state index contributed by atoms with van der Waals surface area (Å²) in [6.07, 6.45) is 3.66. The van der Waals surface area contributed by atoms with Crippen LogP contribution in [0, 0.1) is 5.92 Å². The maximum absolute atomic E-state index is 13.0. The number of ketones is 1. The van der Waals surface area contributed by atoms with E-state index < -0.39 is 17.5 Å². The van der Waals surface area contributed by atoms with Gasteiger partial charge in [0, 0.05) is 17.0 Å². The van der Waals surface area contributed by atoms with Crippen LogP contribution in [0.3, 0.4) is 0 Å². The number of rotatable bonds is 9. The fourth-order valence-corrected chi connectivity index (χ4v) is 4.00. The van der Waals surface area contributed by atoms with Gasteiger partial charge in [0.15, 0.2) is 5.78 Å². The molecule has 2 aromatic carbocycles. The minimum atomic E-state index is -1.91. The van der Waals surface area contributed by atoms with Crippen LogP contribution in [0.5, 0.6) is 0 Å². The molecule has 0 aromatic heterocycles. The molecule has 5 nitrogen and oxygen atoms in total. The van der Waals surface area contributed by atoms with E-state index in [4.69, 9.17) is 16.3 Å². The topological polar surface area (TPSA) is 83.8 Å². The molecular weight excluding hydrogens is 440 g/mol. The molecule has 0 saturated heterocycles. The molecule has 0 saturated carbocycles. The number of carbonyl (C=O) groups is 2. The van der Waals surface area contributed by atoms with Crippen LogP contribution in [0.4, 0.5) is 0 Å². The summed E-state index contributed by atoms with van der Waals surface area (Å²) in [5, 5.41) is 21.7. The van der Waals surface area contributed by atoms with Gasteiger partial charge in [0.1, 0.15) is 17.3 Å². The largest absolute Gasteiger partial charge is 0.497 e. The average molecular weight is 467 g/mol. The molecule has 0 radical (unpaired) electrons. The zero-order valence-electron chi connectivity index (χ0n) is 18.7. The van der Waals surface area contributed by atoms with Gasteiger partial charge in [0.25, 0.3) is 0 Å². The van der Waals surface area contributed by atoms with E-state index in [0.29, 0.717) is 34.8 Å². The third kappa shape index (κ3) is 5.81. The van der Waals surface area contributed by atoms with Gasteiger partial charge in [-0.05, 0) is 54.7 Å². The molecule has 3 rings (SSSR count). The Balaban J connectivity index is 1.83. The summed E-state index contributed by atoms with van der Waals surface area (Å²) in [5.41, 5.74) is 1.98. The molecule has 1 aliphatic carbocycles. The quantitative estimate of drug-likeness (QED) is 0.358. The maximum atomic E-state index is 13.0. The normalized spacial score (nSPS) is 19.9. The Morgan fingerprint density at radius 3 is 2.18 bits per heavy atom. The molecule has 2 atom stereocenters. The van der Waals surface area contributed by atoms with E-state index >= 15 is 0 Å². The molecule has 0 heterocycles. The van der Waals surface area contributed by atoms with Crippen molar-refractivity contribution in [1.29, 1.82) is 0 Å². The molecule has 0 spiro atoms. The SMILES string of the molecule is C=C(C)CCC1=CC(C(=O)O)C(O)(CC(=O)c2ccc(-c3ccc(Cl)cc3)cc2)C=C1OC. The lowest BCUT2D eigenvalue weighted by atomic mass is 9.76. The van der Waals surface area contributed by atoms with Crippen molar-refractivity contribution in [1.82, 2.24) is 0 Å². The van der Waals surface area contributed by atoms with Crippen LogP contribution in [-0.4, -0.2) is 34.7 Å². The number of hydrogen-bond donors (Lipinski definition) is 2. The number of hydrogen-bond acceptors (Lipinski definition) is 4. The molecule has 6 heteroatoms. The maximum Gasteiger partial charge on any atom is 0.313 e. The van der Waals surface area contributed by atoms with Crippen molar-refractivity contribution >= 4 is 23.4 Å². The smallest absolute Gasteiger partial charge is 0.313 e. The van der Waals surface area contributed by atoms with E-state index in [1.807, 2.05) is 31.2 Å². The molecular formula is C27H27ClO5. The van der Waals surface area contributed by atoms with Gasteiger partial charge in [-0.25, -0.2) is 0 Å². The minimum Gasteiger partial charge on any atom is -0.497 e. The zero-order chi connectivity index (χ0) is 24.2. The highest BCUT2D eigenvalue weighted by Gasteiger charge is 2.44. The van der Waals surface area contributed by atoms with Crippen molar-refractivity contribution in [3.05, 3.63) is 94.8 Å². The van der Waals surface area contributed by atoms with Gasteiger partial charge < -0.3 is 14.9 Å². The standard InChI is InChI=1S/C27H27ClO5/c1-17(2)4-5-21-14-23(26(30)31)27(32,16-25(21)33-3)15-24(29)20-8-6-18(7-9-20)19-10-12-22(28)13-11-19/h6-14,16,23,32H,1,4-5,15H2,2-3H3,(H,30,31). The van der Waals surface area contributed by atoms with E-state index in [2.05, 4.69) is 6.58 Å². The predicted molar refractivity (Wildman–Crippen MR) is 129 cm³/mol. The second-order valence-corrected chi connectivity index (χ2v) is 8.79. The minimum absolute atomic E-state index is 0.364. The molecule has 33 heavy (non-hydrogen) atoms. The van der Waals surface area contributed by atoms with E-state index in [1.165, 1.54) is 19.3 Å². The van der Waals surface area contributed by atoms with Gasteiger partial charge in [-0.3, -0.25) is 9.59 Å². The lowest BCUT2D eigenvalue weighted by Gasteiger charge is -2.34. The number of benzene rings is 2. The Hall–Kier alpha value is -3.15. The van der Waals surface area contributed by atoms with Gasteiger partial charge in [0.2, 0.25) is 0 Å². The number of carboxylic acid groups (broad SMARTS) is 1. The van der Waals surface area contributed by atoms with Crippen LogP contribution in [0.15, 0.2) is 84.2 Å². The Labute approximate surface area is 198 Å². The third-order valence-corrected chi connectivity index (χ3v) is 5.99. The number of methoxy groups -OCH3 is 1. The average Bonchev–Trinajstić information content (AvgIpc) is 2.78. The number of carbonyl (C=O) groups excluding carboxylic acids is 1. The van der Waals surface area contributed by atoms with Gasteiger partial charge in [-0.1, -0.05) is 59.6 Å². The van der Waals surface area contributed by atoms with E-state index in [9.17, 15) is 19.8 Å². The van der Waals surface area contributed by atoms with Crippen LogP contribution in [0.25, 0.3) is 11.1 Å². The fourth-order valence-electron chi connectivity index (χ4n) is 3.88. The molecule has 0 fully saturated rings. The highest BCUT2D eigenvalue weighted by atomic mass is 35.5. The highest BCUT2D eigenvalue weighted by Crippen LogP contribution is 2.37. The molecule has 0 amide bonds. The molecule has 2 aromatic rings. The van der Waals surface area contributed by atoms with Crippen molar-refractivity contribution in [2.45, 2.75) is 31.8 Å². The van der Waals surface area contributed by atoms with Crippen molar-refractivity contribution in [2.75, 3.05) is 7.11 Å². The summed E-state index contributed by atoms with van der Waals surface area (Å²) in [6, 6.07) is 14.3. The highest BCUT2D eigenvalue weighted by molar-refractivity contribution is 6.30. The summed E-state index contributed by atoms with van der Waals surface area (Å²) in [7, 11) is 1.46. The number of aliphatic carboxylic acids is 1. The second-order valence-electron chi connectivity index (χ2n) is 8.35. The summed E-state index contributed by atoms with van der Waals surface area (Å²) in [5.74, 6) is -2.46. The Morgan fingerprint density at radius 1 is 1.09 bits per heavy atom. The lowest BCUT2D eigenvalue weighted by molar-refractivity contribution is -0.146. The van der Waals surface area contributed by atoms with Crippen molar-refractivity contribution in [3.8, 4) is 11.1 Å². The fraction of sp³-hybridized carbons (Fsp3) is 0.259. The monoisotopic (exact) mass is 466 g/mol. The molecule has 172 valence electrons. The summed E-state index contributed by atoms with van der Waals surface area (Å²) in [6.45, 7) is 5.76. The van der Waals surface area contributed by atoms with Gasteiger partial charge in [-0.15, -0.1) is 6.58 Å². The van der Waals surface area contributed by atoms with Crippen LogP contribution in [0.2, 0.25) is 5.02 Å². The van der Waals surface area contributed by atoms with Crippen LogP contribution < -0.4 is 0 Å². The summed E-state index contributed by atoms with van der Waals surface area (Å²) < 4.78 is 5.41. The summed E-state index contributed by atoms with van der Waals surface area (Å²) >= 11 is 5.94. The van der Waals surface area contributed by atoms with Crippen LogP contribution >= 0.6 is 11.6 Å². The molecule has 0 aliphatic heterocycles. The van der Waals surface area contributed by atoms with Crippen molar-refractivity contribution < 1.29 is 24.5 Å². The first-order valence-corrected chi connectivity index (χ1v) is 11.0. The van der Waals surface area contributed by atoms with Crippen LogP contribution in [0.1, 0.15) is 36.5 Å². The first-order chi connectivity index (χ1) is 15.6. The number of halogens is 1. The van der Waals surface area contributed by atoms with E-state index in [0.717, 1.165) is 16.7 Å². The van der Waals surface area contributed by atoms with Gasteiger partial charge in [-0.2, -0.15) is 0 Å². The van der Waals surface area contributed by atoms with E-state index in [-0.39, 0.29) is 12.2 Å². The van der Waals surface area contributed by atoms with Gasteiger partial charge in [0.05, 0.1) is 7.11 Å². The number of ether oxygens (including phenoxy) is 1. The number of aliphatic hydroxyl groups is 1. The van der Waals surface area contributed by atoms with Gasteiger partial charge >= 0.3 is 5.97 Å². The van der Waals surface area contributed by atoms with Crippen molar-refractivity contribution in [2.24, 2.45) is 5.92 Å². The molecule has 2 unspecified atom stereocenters. The summed E-state index contributed by atoms with van der Waals surface area (Å²) in [4.78, 5) is 25.0. The van der Waals surface area contributed by atoms with Crippen LogP contribution in [-0.2, 0) is 9.53 Å². The Kier molecular flexibility index (Phi) is 7.57. The first-order valence-electron chi connectivity index (χ1n) is 10.6. The Bertz CT molecular complexity index is 1110. The second kappa shape index (κ2) is 10.2. The Morgan fingerprint density at radius 2 is 1.67 bits per heavy atom. The molecule has 2 N–H and O–H groups in total. The predicted octanol–water partition coefficient (Wildman–Crippen LogP) is 5.84. The number of carboxylic acids is 1. The van der Waals surface area contributed by atoms with E-state index in [1.54, 1.807) is 24.3 Å². The van der Waals surface area contributed by atoms with Crippen molar-refractivity contribution in [3.63, 3.8) is 0 Å². The third-order valence-electron chi connectivity index (χ3n) is 5.74. The zero-order valence-corrected chi connectivity index (χ0v) is 19.4. The molecule has 0 bridgehead atoms. The molecule has 1 aliphatic rings.